The molecule has 138 valence electrons. The molecule has 2 aliphatic rings. The van der Waals surface area contributed by atoms with Crippen LogP contribution in [-0.4, -0.2) is 39.3 Å². The molecule has 4 rings (SSSR count). The Bertz CT molecular complexity index is 783. The van der Waals surface area contributed by atoms with E-state index in [0.29, 0.717) is 50.9 Å². The Hall–Kier alpha value is -2.35. The summed E-state index contributed by atoms with van der Waals surface area (Å²) in [4.78, 5) is 13.1. The molecule has 2 fully saturated rings. The molecule has 1 aromatic heterocycles. The van der Waals surface area contributed by atoms with E-state index in [9.17, 15) is 9.18 Å². The molecule has 1 N–H and O–H groups in total. The number of carbonyl (C=O) groups excluding carboxylic acids is 1. The summed E-state index contributed by atoms with van der Waals surface area (Å²) in [6.07, 6.45) is 3.87. The Kier molecular flexibility index (Phi) is 4.67. The van der Waals surface area contributed by atoms with Crippen LogP contribution in [0.1, 0.15) is 43.1 Å². The summed E-state index contributed by atoms with van der Waals surface area (Å²) in [5.41, 5.74) is 0.231. The standard InChI is InChI=1S/C18H22FN5O2/c19-14-3-1-2-13(10-14)11-18(6-8-26-9-7-18)17(25)20-12-16-21-22-23-24(16)15-4-5-15/h1-3,10,15H,4-9,11-12H2,(H,20,25). The van der Waals surface area contributed by atoms with Crippen LogP contribution in [0.5, 0.6) is 0 Å². The summed E-state index contributed by atoms with van der Waals surface area (Å²) >= 11 is 0. The van der Waals surface area contributed by atoms with Gasteiger partial charge in [0.15, 0.2) is 5.82 Å². The molecule has 1 aliphatic carbocycles. The number of nitrogens with zero attached hydrogens (tertiary/aromatic N) is 4. The van der Waals surface area contributed by atoms with Gasteiger partial charge in [-0.05, 0) is 60.2 Å². The number of hydrogen-bond donors (Lipinski definition) is 1. The van der Waals surface area contributed by atoms with Crippen molar-refractivity contribution in [1.82, 2.24) is 25.5 Å². The second-order valence-corrected chi connectivity index (χ2v) is 7.15. The number of nitrogens with one attached hydrogen (secondary N) is 1. The Balaban J connectivity index is 1.48. The quantitative estimate of drug-likeness (QED) is 0.851. The van der Waals surface area contributed by atoms with Gasteiger partial charge >= 0.3 is 0 Å². The monoisotopic (exact) mass is 359 g/mol. The first-order chi connectivity index (χ1) is 12.7. The van der Waals surface area contributed by atoms with Gasteiger partial charge in [0.25, 0.3) is 0 Å². The van der Waals surface area contributed by atoms with E-state index >= 15 is 0 Å². The minimum atomic E-state index is -0.593. The SMILES string of the molecule is O=C(NCc1nnnn1C1CC1)C1(Cc2cccc(F)c2)CCOCC1. The third-order valence-electron chi connectivity index (χ3n) is 5.22. The van der Waals surface area contributed by atoms with Crippen LogP contribution in [0, 0.1) is 11.2 Å². The lowest BCUT2D eigenvalue weighted by atomic mass is 9.74. The lowest BCUT2D eigenvalue weighted by molar-refractivity contribution is -0.136. The molecular formula is C18H22FN5O2. The van der Waals surface area contributed by atoms with Crippen molar-refractivity contribution >= 4 is 5.91 Å². The van der Waals surface area contributed by atoms with Crippen molar-refractivity contribution < 1.29 is 13.9 Å². The van der Waals surface area contributed by atoms with E-state index in [-0.39, 0.29) is 11.7 Å². The van der Waals surface area contributed by atoms with Crippen molar-refractivity contribution in [1.29, 1.82) is 0 Å². The molecule has 1 aromatic carbocycles. The van der Waals surface area contributed by atoms with Gasteiger partial charge < -0.3 is 10.1 Å². The second-order valence-electron chi connectivity index (χ2n) is 7.15. The van der Waals surface area contributed by atoms with E-state index in [0.717, 1.165) is 18.4 Å². The number of carbonyl (C=O) groups is 1. The van der Waals surface area contributed by atoms with Crippen LogP contribution in [0.15, 0.2) is 24.3 Å². The molecular weight excluding hydrogens is 337 g/mol. The van der Waals surface area contributed by atoms with E-state index in [4.69, 9.17) is 4.74 Å². The summed E-state index contributed by atoms with van der Waals surface area (Å²) in [5.74, 6) is 0.345. The van der Waals surface area contributed by atoms with Gasteiger partial charge in [0.05, 0.1) is 18.0 Å². The van der Waals surface area contributed by atoms with Crippen molar-refractivity contribution in [3.63, 3.8) is 0 Å². The third-order valence-corrected chi connectivity index (χ3v) is 5.22. The topological polar surface area (TPSA) is 81.9 Å². The number of amides is 1. The zero-order valence-electron chi connectivity index (χ0n) is 14.5. The van der Waals surface area contributed by atoms with E-state index in [1.54, 1.807) is 10.7 Å². The Labute approximate surface area is 150 Å². The molecule has 0 unspecified atom stereocenters. The van der Waals surface area contributed by atoms with Crippen LogP contribution in [0.4, 0.5) is 4.39 Å². The summed E-state index contributed by atoms with van der Waals surface area (Å²) in [5, 5.41) is 14.8. The van der Waals surface area contributed by atoms with Gasteiger partial charge in [-0.15, -0.1) is 5.10 Å². The smallest absolute Gasteiger partial charge is 0.227 e. The van der Waals surface area contributed by atoms with Gasteiger partial charge in [0.2, 0.25) is 5.91 Å². The van der Waals surface area contributed by atoms with Crippen LogP contribution < -0.4 is 5.32 Å². The van der Waals surface area contributed by atoms with Crippen molar-refractivity contribution in [2.24, 2.45) is 5.41 Å². The van der Waals surface area contributed by atoms with Crippen LogP contribution in [0.3, 0.4) is 0 Å². The van der Waals surface area contributed by atoms with E-state index in [1.165, 1.54) is 12.1 Å². The lowest BCUT2D eigenvalue weighted by Gasteiger charge is -2.36. The third kappa shape index (κ3) is 3.60. The average Bonchev–Trinajstić information content (AvgIpc) is 3.38. The first kappa shape index (κ1) is 17.1. The predicted molar refractivity (Wildman–Crippen MR) is 90.5 cm³/mol. The molecule has 1 saturated heterocycles. The molecule has 2 heterocycles. The summed E-state index contributed by atoms with van der Waals surface area (Å²) < 4.78 is 20.8. The molecule has 1 aliphatic heterocycles. The predicted octanol–water partition coefficient (Wildman–Crippen LogP) is 1.80. The van der Waals surface area contributed by atoms with Crippen molar-refractivity contribution in [2.45, 2.75) is 44.7 Å². The zero-order valence-corrected chi connectivity index (χ0v) is 14.5. The normalized spacial score (nSPS) is 19.3. The molecule has 0 spiro atoms. The van der Waals surface area contributed by atoms with E-state index in [2.05, 4.69) is 20.8 Å². The maximum atomic E-state index is 13.6. The molecule has 7 nitrogen and oxygen atoms in total. The minimum absolute atomic E-state index is 0.0459. The van der Waals surface area contributed by atoms with Crippen molar-refractivity contribution in [3.8, 4) is 0 Å². The molecule has 0 atom stereocenters. The molecule has 2 aromatic rings. The largest absolute Gasteiger partial charge is 0.381 e. The maximum Gasteiger partial charge on any atom is 0.227 e. The summed E-state index contributed by atoms with van der Waals surface area (Å²) in [7, 11) is 0. The number of benzene rings is 1. The molecule has 8 heteroatoms. The fourth-order valence-electron chi connectivity index (χ4n) is 3.56. The Morgan fingerprint density at radius 3 is 2.88 bits per heavy atom. The second kappa shape index (κ2) is 7.11. The fraction of sp³-hybridized carbons (Fsp3) is 0.556. The van der Waals surface area contributed by atoms with Crippen LogP contribution >= 0.6 is 0 Å². The van der Waals surface area contributed by atoms with Crippen LogP contribution in [0.2, 0.25) is 0 Å². The molecule has 26 heavy (non-hydrogen) atoms. The first-order valence-electron chi connectivity index (χ1n) is 9.04. The Morgan fingerprint density at radius 2 is 2.15 bits per heavy atom. The van der Waals surface area contributed by atoms with Crippen LogP contribution in [0.25, 0.3) is 0 Å². The highest BCUT2D eigenvalue weighted by molar-refractivity contribution is 5.83. The maximum absolute atomic E-state index is 13.6. The van der Waals surface area contributed by atoms with Gasteiger partial charge in [-0.2, -0.15) is 0 Å². The van der Waals surface area contributed by atoms with Gasteiger partial charge in [-0.1, -0.05) is 12.1 Å². The highest BCUT2D eigenvalue weighted by atomic mass is 19.1. The Morgan fingerprint density at radius 1 is 1.35 bits per heavy atom. The van der Waals surface area contributed by atoms with E-state index < -0.39 is 5.41 Å². The number of tetrazole rings is 1. The molecule has 0 bridgehead atoms. The van der Waals surface area contributed by atoms with Gasteiger partial charge in [0.1, 0.15) is 5.82 Å². The lowest BCUT2D eigenvalue weighted by Crippen LogP contribution is -2.46. The van der Waals surface area contributed by atoms with Crippen LogP contribution in [-0.2, 0) is 22.5 Å². The molecule has 1 saturated carbocycles. The molecule has 0 radical (unpaired) electrons. The highest BCUT2D eigenvalue weighted by Gasteiger charge is 2.40. The van der Waals surface area contributed by atoms with Crippen molar-refractivity contribution in [3.05, 3.63) is 41.5 Å². The number of aromatic nitrogens is 4. The van der Waals surface area contributed by atoms with E-state index in [1.807, 2.05) is 6.07 Å². The average molecular weight is 359 g/mol. The number of ether oxygens (including phenoxy) is 1. The van der Waals surface area contributed by atoms with Gasteiger partial charge in [-0.25, -0.2) is 9.07 Å². The van der Waals surface area contributed by atoms with Crippen molar-refractivity contribution in [2.75, 3.05) is 13.2 Å². The number of rotatable bonds is 6. The number of halogens is 1. The summed E-state index contributed by atoms with van der Waals surface area (Å²) in [6.45, 7) is 1.36. The summed E-state index contributed by atoms with van der Waals surface area (Å²) in [6, 6.07) is 6.82. The van der Waals surface area contributed by atoms with Gasteiger partial charge in [0, 0.05) is 13.2 Å². The first-order valence-corrected chi connectivity index (χ1v) is 9.04. The number of hydrogen-bond acceptors (Lipinski definition) is 5. The zero-order chi connectivity index (χ0) is 18.0. The molecule has 1 amide bonds. The highest BCUT2D eigenvalue weighted by Crippen LogP contribution is 2.36. The minimum Gasteiger partial charge on any atom is -0.381 e. The van der Waals surface area contributed by atoms with Gasteiger partial charge in [-0.3, -0.25) is 4.79 Å². The fourth-order valence-corrected chi connectivity index (χ4v) is 3.56.